The summed E-state index contributed by atoms with van der Waals surface area (Å²) in [5.41, 5.74) is 6.52. The summed E-state index contributed by atoms with van der Waals surface area (Å²) in [5.74, 6) is 3.77. The zero-order valence-corrected chi connectivity index (χ0v) is 13.2. The third-order valence-corrected chi connectivity index (χ3v) is 3.50. The number of nitrogens with two attached hydrogens (primary N) is 1. The second-order valence-corrected chi connectivity index (χ2v) is 4.90. The van der Waals surface area contributed by atoms with E-state index in [-0.39, 0.29) is 6.54 Å². The van der Waals surface area contributed by atoms with Crippen molar-refractivity contribution in [1.29, 1.82) is 0 Å². The fourth-order valence-corrected chi connectivity index (χ4v) is 2.45. The van der Waals surface area contributed by atoms with Crippen LogP contribution in [0.4, 0.5) is 0 Å². The molecule has 2 heterocycles. The normalized spacial score (nSPS) is 10.8. The molecule has 7 heteroatoms. The van der Waals surface area contributed by atoms with Crippen LogP contribution in [0.1, 0.15) is 11.6 Å². The van der Waals surface area contributed by atoms with Gasteiger partial charge in [-0.15, -0.1) is 10.2 Å². The lowest BCUT2D eigenvalue weighted by atomic mass is 10.2. The van der Waals surface area contributed by atoms with Gasteiger partial charge in [-0.05, 0) is 31.2 Å². The SMILES string of the molecule is COc1cccc(OC)c1-n1c(CN)nnc1-c1ccc(C)o1. The van der Waals surface area contributed by atoms with Crippen molar-refractivity contribution in [2.24, 2.45) is 5.73 Å². The Hall–Kier alpha value is -2.80. The second-order valence-electron chi connectivity index (χ2n) is 4.90. The first-order valence-electron chi connectivity index (χ1n) is 7.12. The highest BCUT2D eigenvalue weighted by Gasteiger charge is 2.22. The van der Waals surface area contributed by atoms with Gasteiger partial charge in [-0.2, -0.15) is 0 Å². The maximum Gasteiger partial charge on any atom is 0.204 e. The highest BCUT2D eigenvalue weighted by Crippen LogP contribution is 2.36. The number of furan rings is 1. The fourth-order valence-electron chi connectivity index (χ4n) is 2.45. The summed E-state index contributed by atoms with van der Waals surface area (Å²) in [5, 5.41) is 8.39. The van der Waals surface area contributed by atoms with E-state index < -0.39 is 0 Å². The van der Waals surface area contributed by atoms with Gasteiger partial charge in [0.25, 0.3) is 0 Å². The summed E-state index contributed by atoms with van der Waals surface area (Å²) < 4.78 is 18.5. The first kappa shape index (κ1) is 15.1. The van der Waals surface area contributed by atoms with Crippen molar-refractivity contribution < 1.29 is 13.9 Å². The molecular formula is C16H18N4O3. The Labute approximate surface area is 133 Å². The minimum Gasteiger partial charge on any atom is -0.494 e. The van der Waals surface area contributed by atoms with E-state index in [1.54, 1.807) is 18.8 Å². The number of aryl methyl sites for hydroxylation is 1. The van der Waals surface area contributed by atoms with E-state index in [0.717, 1.165) is 5.76 Å². The number of rotatable bonds is 5. The fraction of sp³-hybridized carbons (Fsp3) is 0.250. The summed E-state index contributed by atoms with van der Waals surface area (Å²) in [6.07, 6.45) is 0. The number of hydrogen-bond acceptors (Lipinski definition) is 6. The van der Waals surface area contributed by atoms with Crippen LogP contribution in [0.2, 0.25) is 0 Å². The van der Waals surface area contributed by atoms with E-state index in [4.69, 9.17) is 19.6 Å². The molecule has 2 aromatic heterocycles. The zero-order valence-electron chi connectivity index (χ0n) is 13.2. The van der Waals surface area contributed by atoms with E-state index in [1.165, 1.54) is 0 Å². The van der Waals surface area contributed by atoms with Gasteiger partial charge < -0.3 is 19.6 Å². The Balaban J connectivity index is 2.30. The van der Waals surface area contributed by atoms with Crippen LogP contribution in [0.15, 0.2) is 34.7 Å². The Morgan fingerprint density at radius 1 is 1.09 bits per heavy atom. The van der Waals surface area contributed by atoms with E-state index in [2.05, 4.69) is 10.2 Å². The minimum atomic E-state index is 0.216. The predicted octanol–water partition coefficient (Wildman–Crippen LogP) is 2.31. The molecule has 0 amide bonds. The topological polar surface area (TPSA) is 88.3 Å². The molecule has 0 unspecified atom stereocenters. The van der Waals surface area contributed by atoms with Crippen LogP contribution in [0.5, 0.6) is 11.5 Å². The second kappa shape index (κ2) is 6.13. The molecule has 0 aliphatic carbocycles. The van der Waals surface area contributed by atoms with Crippen LogP contribution in [-0.2, 0) is 6.54 Å². The number of benzene rings is 1. The highest BCUT2D eigenvalue weighted by molar-refractivity contribution is 5.63. The van der Waals surface area contributed by atoms with Gasteiger partial charge in [0.2, 0.25) is 5.82 Å². The van der Waals surface area contributed by atoms with Crippen molar-refractivity contribution in [3.8, 4) is 28.8 Å². The Bertz CT molecular complexity index is 800. The molecule has 0 aliphatic rings. The van der Waals surface area contributed by atoms with Gasteiger partial charge in [0.15, 0.2) is 11.6 Å². The highest BCUT2D eigenvalue weighted by atomic mass is 16.5. The maximum atomic E-state index is 5.83. The van der Waals surface area contributed by atoms with E-state index >= 15 is 0 Å². The van der Waals surface area contributed by atoms with Crippen molar-refractivity contribution in [2.45, 2.75) is 13.5 Å². The standard InChI is InChI=1S/C16H18N4O3/c1-10-7-8-13(23-10)16-19-18-14(9-17)20(16)15-11(21-2)5-4-6-12(15)22-3/h4-8H,9,17H2,1-3H3. The van der Waals surface area contributed by atoms with Crippen LogP contribution in [0.25, 0.3) is 17.3 Å². The number of para-hydroxylation sites is 1. The summed E-state index contributed by atoms with van der Waals surface area (Å²) in [4.78, 5) is 0. The van der Waals surface area contributed by atoms with E-state index in [1.807, 2.05) is 37.3 Å². The first-order chi connectivity index (χ1) is 11.2. The minimum absolute atomic E-state index is 0.216. The summed E-state index contributed by atoms with van der Waals surface area (Å²) in [6, 6.07) is 9.25. The Morgan fingerprint density at radius 3 is 2.30 bits per heavy atom. The van der Waals surface area contributed by atoms with Gasteiger partial charge >= 0.3 is 0 Å². The third kappa shape index (κ3) is 2.55. The number of methoxy groups -OCH3 is 2. The summed E-state index contributed by atoms with van der Waals surface area (Å²) in [6.45, 7) is 2.09. The van der Waals surface area contributed by atoms with Crippen molar-refractivity contribution in [3.63, 3.8) is 0 Å². The molecule has 0 saturated carbocycles. The van der Waals surface area contributed by atoms with Crippen LogP contribution in [0, 0.1) is 6.92 Å². The Kier molecular flexibility index (Phi) is 4.03. The monoisotopic (exact) mass is 314 g/mol. The number of hydrogen-bond donors (Lipinski definition) is 1. The third-order valence-electron chi connectivity index (χ3n) is 3.50. The molecule has 0 aliphatic heterocycles. The van der Waals surface area contributed by atoms with Gasteiger partial charge in [-0.25, -0.2) is 0 Å². The summed E-state index contributed by atoms with van der Waals surface area (Å²) >= 11 is 0. The summed E-state index contributed by atoms with van der Waals surface area (Å²) in [7, 11) is 3.20. The van der Waals surface area contributed by atoms with Crippen molar-refractivity contribution >= 4 is 0 Å². The molecule has 0 bridgehead atoms. The van der Waals surface area contributed by atoms with E-state index in [9.17, 15) is 0 Å². The number of nitrogens with zero attached hydrogens (tertiary/aromatic N) is 3. The molecule has 1 aromatic carbocycles. The van der Waals surface area contributed by atoms with Crippen molar-refractivity contribution in [2.75, 3.05) is 14.2 Å². The lowest BCUT2D eigenvalue weighted by Crippen LogP contribution is -2.10. The maximum absolute atomic E-state index is 5.83. The first-order valence-corrected chi connectivity index (χ1v) is 7.12. The van der Waals surface area contributed by atoms with Gasteiger partial charge in [0.1, 0.15) is 22.9 Å². The Morgan fingerprint density at radius 2 is 1.78 bits per heavy atom. The smallest absolute Gasteiger partial charge is 0.204 e. The van der Waals surface area contributed by atoms with Crippen LogP contribution < -0.4 is 15.2 Å². The molecule has 0 saturated heterocycles. The zero-order chi connectivity index (χ0) is 16.4. The quantitative estimate of drug-likeness (QED) is 0.777. The molecule has 23 heavy (non-hydrogen) atoms. The molecular weight excluding hydrogens is 296 g/mol. The van der Waals surface area contributed by atoms with Crippen molar-refractivity contribution in [3.05, 3.63) is 41.9 Å². The molecule has 0 radical (unpaired) electrons. The van der Waals surface area contributed by atoms with Gasteiger partial charge in [0.05, 0.1) is 20.8 Å². The molecule has 3 rings (SSSR count). The predicted molar refractivity (Wildman–Crippen MR) is 84.8 cm³/mol. The molecule has 120 valence electrons. The largest absolute Gasteiger partial charge is 0.494 e. The van der Waals surface area contributed by atoms with E-state index in [0.29, 0.717) is 34.6 Å². The lowest BCUT2D eigenvalue weighted by Gasteiger charge is -2.16. The molecule has 7 nitrogen and oxygen atoms in total. The molecule has 0 atom stereocenters. The number of aromatic nitrogens is 3. The van der Waals surface area contributed by atoms with Crippen LogP contribution in [0.3, 0.4) is 0 Å². The average molecular weight is 314 g/mol. The van der Waals surface area contributed by atoms with Gasteiger partial charge in [-0.3, -0.25) is 4.57 Å². The average Bonchev–Trinajstić information content (AvgIpc) is 3.19. The molecule has 3 aromatic rings. The van der Waals surface area contributed by atoms with Crippen LogP contribution in [-0.4, -0.2) is 29.0 Å². The number of ether oxygens (including phenoxy) is 2. The van der Waals surface area contributed by atoms with Crippen LogP contribution >= 0.6 is 0 Å². The molecule has 0 fully saturated rings. The molecule has 2 N–H and O–H groups in total. The van der Waals surface area contributed by atoms with Gasteiger partial charge in [0, 0.05) is 0 Å². The molecule has 0 spiro atoms. The van der Waals surface area contributed by atoms with Crippen molar-refractivity contribution in [1.82, 2.24) is 14.8 Å². The van der Waals surface area contributed by atoms with Gasteiger partial charge in [-0.1, -0.05) is 6.07 Å². The lowest BCUT2D eigenvalue weighted by molar-refractivity contribution is 0.390.